The predicted molar refractivity (Wildman–Crippen MR) is 84.9 cm³/mol. The zero-order valence-electron chi connectivity index (χ0n) is 13.1. The van der Waals surface area contributed by atoms with Crippen LogP contribution in [0.5, 0.6) is 5.75 Å². The average Bonchev–Trinajstić information content (AvgIpc) is 2.90. The minimum absolute atomic E-state index is 0.253. The minimum Gasteiger partial charge on any atom is -0.496 e. The molecule has 0 bridgehead atoms. The Labute approximate surface area is 126 Å². The Kier molecular flexibility index (Phi) is 4.17. The van der Waals surface area contributed by atoms with Crippen molar-refractivity contribution in [3.8, 4) is 5.75 Å². The van der Waals surface area contributed by atoms with Crippen LogP contribution in [0.15, 0.2) is 30.5 Å². The molecule has 21 heavy (non-hydrogen) atoms. The lowest BCUT2D eigenvalue weighted by atomic mass is 10.2. The van der Waals surface area contributed by atoms with E-state index in [4.69, 9.17) is 9.47 Å². The lowest BCUT2D eigenvalue weighted by Crippen LogP contribution is -2.47. The number of methoxy groups -OCH3 is 1. The van der Waals surface area contributed by atoms with Crippen LogP contribution < -0.4 is 4.74 Å². The molecule has 4 heteroatoms. The molecule has 1 aromatic heterocycles. The van der Waals surface area contributed by atoms with E-state index in [1.807, 2.05) is 12.1 Å². The molecule has 1 fully saturated rings. The third-order valence-corrected chi connectivity index (χ3v) is 4.29. The second kappa shape index (κ2) is 6.08. The van der Waals surface area contributed by atoms with Crippen LogP contribution in [0.4, 0.5) is 0 Å². The molecule has 114 valence electrons. The molecule has 1 aromatic carbocycles. The van der Waals surface area contributed by atoms with Crippen molar-refractivity contribution >= 4 is 10.9 Å². The molecule has 1 atom stereocenters. The highest BCUT2D eigenvalue weighted by Crippen LogP contribution is 2.26. The fraction of sp³-hybridized carbons (Fsp3) is 0.529. The molecule has 3 rings (SSSR count). The quantitative estimate of drug-likeness (QED) is 0.865. The Balaban J connectivity index is 1.79. The van der Waals surface area contributed by atoms with Gasteiger partial charge in [-0.1, -0.05) is 6.07 Å². The van der Waals surface area contributed by atoms with Crippen LogP contribution in [0.1, 0.15) is 13.8 Å². The Bertz CT molecular complexity index is 606. The molecular weight excluding hydrogens is 264 g/mol. The molecule has 1 aliphatic rings. The van der Waals surface area contributed by atoms with Gasteiger partial charge in [0.15, 0.2) is 0 Å². The minimum atomic E-state index is 0.253. The van der Waals surface area contributed by atoms with Crippen LogP contribution in [0.2, 0.25) is 0 Å². The lowest BCUT2D eigenvalue weighted by Gasteiger charge is -2.35. The van der Waals surface area contributed by atoms with Crippen LogP contribution in [0.3, 0.4) is 0 Å². The van der Waals surface area contributed by atoms with Gasteiger partial charge >= 0.3 is 0 Å². The fourth-order valence-corrected chi connectivity index (χ4v) is 3.07. The molecule has 0 N–H and O–H groups in total. The SMILES string of the molecule is COc1cccc2c1ccn2CC1CN(C(C)C)CCO1. The van der Waals surface area contributed by atoms with Crippen LogP contribution in [-0.2, 0) is 11.3 Å². The zero-order valence-corrected chi connectivity index (χ0v) is 13.1. The zero-order chi connectivity index (χ0) is 14.8. The van der Waals surface area contributed by atoms with Crippen molar-refractivity contribution in [3.63, 3.8) is 0 Å². The van der Waals surface area contributed by atoms with Crippen molar-refractivity contribution in [1.29, 1.82) is 0 Å². The molecule has 2 aromatic rings. The van der Waals surface area contributed by atoms with Gasteiger partial charge < -0.3 is 14.0 Å². The van der Waals surface area contributed by atoms with E-state index in [-0.39, 0.29) is 6.10 Å². The van der Waals surface area contributed by atoms with E-state index in [1.165, 1.54) is 5.52 Å². The van der Waals surface area contributed by atoms with Gasteiger partial charge in [0.05, 0.1) is 31.9 Å². The molecule has 0 spiro atoms. The van der Waals surface area contributed by atoms with E-state index in [9.17, 15) is 0 Å². The van der Waals surface area contributed by atoms with Gasteiger partial charge in [0.25, 0.3) is 0 Å². The van der Waals surface area contributed by atoms with Crippen molar-refractivity contribution in [2.75, 3.05) is 26.8 Å². The average molecular weight is 288 g/mol. The highest BCUT2D eigenvalue weighted by molar-refractivity contribution is 5.86. The van der Waals surface area contributed by atoms with E-state index >= 15 is 0 Å². The largest absolute Gasteiger partial charge is 0.496 e. The van der Waals surface area contributed by atoms with E-state index in [1.54, 1.807) is 7.11 Å². The summed E-state index contributed by atoms with van der Waals surface area (Å²) in [5.41, 5.74) is 1.21. The number of hydrogen-bond acceptors (Lipinski definition) is 3. The lowest BCUT2D eigenvalue weighted by molar-refractivity contribution is -0.0451. The fourth-order valence-electron chi connectivity index (χ4n) is 3.07. The van der Waals surface area contributed by atoms with Crippen LogP contribution in [0.25, 0.3) is 10.9 Å². The van der Waals surface area contributed by atoms with Gasteiger partial charge in [-0.25, -0.2) is 0 Å². The van der Waals surface area contributed by atoms with Gasteiger partial charge in [-0.15, -0.1) is 0 Å². The summed E-state index contributed by atoms with van der Waals surface area (Å²) in [5, 5.41) is 1.16. The summed E-state index contributed by atoms with van der Waals surface area (Å²) in [6.07, 6.45) is 2.38. The third-order valence-electron chi connectivity index (χ3n) is 4.29. The number of nitrogens with zero attached hydrogens (tertiary/aromatic N) is 2. The first kappa shape index (κ1) is 14.4. The number of rotatable bonds is 4. The van der Waals surface area contributed by atoms with E-state index in [0.29, 0.717) is 6.04 Å². The third kappa shape index (κ3) is 2.92. The summed E-state index contributed by atoms with van der Waals surface area (Å²) in [5.74, 6) is 0.930. The van der Waals surface area contributed by atoms with Gasteiger partial charge in [-0.3, -0.25) is 4.90 Å². The van der Waals surface area contributed by atoms with Gasteiger partial charge in [0.1, 0.15) is 5.75 Å². The second-order valence-electron chi connectivity index (χ2n) is 5.94. The normalized spacial score (nSPS) is 20.3. The van der Waals surface area contributed by atoms with Crippen LogP contribution in [0, 0.1) is 0 Å². The monoisotopic (exact) mass is 288 g/mol. The summed E-state index contributed by atoms with van der Waals surface area (Å²) in [4.78, 5) is 2.49. The molecule has 0 saturated carbocycles. The summed E-state index contributed by atoms with van der Waals surface area (Å²) in [7, 11) is 1.72. The van der Waals surface area contributed by atoms with Crippen molar-refractivity contribution < 1.29 is 9.47 Å². The molecule has 1 unspecified atom stereocenters. The van der Waals surface area contributed by atoms with Gasteiger partial charge in [-0.2, -0.15) is 0 Å². The smallest absolute Gasteiger partial charge is 0.128 e. The Morgan fingerprint density at radius 2 is 2.19 bits per heavy atom. The molecule has 1 saturated heterocycles. The molecule has 0 aliphatic carbocycles. The number of aromatic nitrogens is 1. The number of benzene rings is 1. The van der Waals surface area contributed by atoms with E-state index < -0.39 is 0 Å². The summed E-state index contributed by atoms with van der Waals surface area (Å²) < 4.78 is 13.6. The van der Waals surface area contributed by atoms with Crippen molar-refractivity contribution in [2.24, 2.45) is 0 Å². The van der Waals surface area contributed by atoms with Crippen LogP contribution in [-0.4, -0.2) is 48.4 Å². The van der Waals surface area contributed by atoms with Gasteiger partial charge in [-0.05, 0) is 32.0 Å². The molecular formula is C17H24N2O2. The first-order chi connectivity index (χ1) is 10.2. The maximum atomic E-state index is 5.94. The molecule has 4 nitrogen and oxygen atoms in total. The topological polar surface area (TPSA) is 26.6 Å². The summed E-state index contributed by atoms with van der Waals surface area (Å²) in [6.45, 7) is 8.25. The number of hydrogen-bond donors (Lipinski definition) is 0. The first-order valence-electron chi connectivity index (χ1n) is 7.66. The standard InChI is InChI=1S/C17H24N2O2/c1-13(2)18-9-10-21-14(11-18)12-19-8-7-15-16(19)5-4-6-17(15)20-3/h4-8,13-14H,9-12H2,1-3H3. The summed E-state index contributed by atoms with van der Waals surface area (Å²) in [6, 6.07) is 8.89. The van der Waals surface area contributed by atoms with Crippen molar-refractivity contribution in [1.82, 2.24) is 9.47 Å². The Hall–Kier alpha value is -1.52. The summed E-state index contributed by atoms with van der Waals surface area (Å²) >= 11 is 0. The highest BCUT2D eigenvalue weighted by atomic mass is 16.5. The molecule has 1 aliphatic heterocycles. The maximum absolute atomic E-state index is 5.94. The van der Waals surface area contributed by atoms with Gasteiger partial charge in [0.2, 0.25) is 0 Å². The van der Waals surface area contributed by atoms with Gasteiger partial charge in [0, 0.05) is 30.7 Å². The van der Waals surface area contributed by atoms with E-state index in [2.05, 4.69) is 41.6 Å². The number of morpholine rings is 1. The van der Waals surface area contributed by atoms with Crippen LogP contribution >= 0.6 is 0 Å². The Morgan fingerprint density at radius 1 is 1.33 bits per heavy atom. The Morgan fingerprint density at radius 3 is 2.95 bits per heavy atom. The number of fused-ring (bicyclic) bond motifs is 1. The molecule has 2 heterocycles. The van der Waals surface area contributed by atoms with Crippen molar-refractivity contribution in [2.45, 2.75) is 32.5 Å². The maximum Gasteiger partial charge on any atom is 0.128 e. The van der Waals surface area contributed by atoms with Crippen molar-refractivity contribution in [3.05, 3.63) is 30.5 Å². The molecule has 0 radical (unpaired) electrons. The molecule has 0 amide bonds. The highest BCUT2D eigenvalue weighted by Gasteiger charge is 2.22. The second-order valence-corrected chi connectivity index (χ2v) is 5.94. The van der Waals surface area contributed by atoms with E-state index in [0.717, 1.165) is 37.4 Å². The first-order valence-corrected chi connectivity index (χ1v) is 7.66. The predicted octanol–water partition coefficient (Wildman–Crippen LogP) is 2.76. The number of ether oxygens (including phenoxy) is 2.